The summed E-state index contributed by atoms with van der Waals surface area (Å²) in [7, 11) is 1.65. The second kappa shape index (κ2) is 8.12. The number of fused-ring (bicyclic) bond motifs is 1. The van der Waals surface area contributed by atoms with Crippen LogP contribution in [0.4, 0.5) is 5.82 Å². The quantitative estimate of drug-likeness (QED) is 0.713. The molecule has 2 aromatic rings. The summed E-state index contributed by atoms with van der Waals surface area (Å²) in [6, 6.07) is 6.02. The average Bonchev–Trinajstić information content (AvgIpc) is 2.96. The van der Waals surface area contributed by atoms with Gasteiger partial charge in [0, 0.05) is 57.5 Å². The number of hydrogen-bond acceptors (Lipinski definition) is 6. The van der Waals surface area contributed by atoms with E-state index in [1.165, 1.54) is 0 Å². The first-order valence-electron chi connectivity index (χ1n) is 8.30. The molecule has 0 saturated heterocycles. The molecular weight excluding hydrogens is 306 g/mol. The smallest absolute Gasteiger partial charge is 0.213 e. The molecule has 2 N–H and O–H groups in total. The normalized spacial score (nSPS) is 16.5. The summed E-state index contributed by atoms with van der Waals surface area (Å²) in [5.74, 6) is 2.28. The number of rotatable bonds is 8. The number of nitrogens with one attached hydrogen (secondary N) is 2. The van der Waals surface area contributed by atoms with E-state index in [9.17, 15) is 0 Å². The minimum atomic E-state index is 0.519. The Balaban J connectivity index is 1.40. The highest BCUT2D eigenvalue weighted by molar-refractivity contribution is 5.38. The maximum Gasteiger partial charge on any atom is 0.213 e. The Morgan fingerprint density at radius 2 is 2.29 bits per heavy atom. The van der Waals surface area contributed by atoms with Crippen molar-refractivity contribution in [2.45, 2.75) is 20.0 Å². The van der Waals surface area contributed by atoms with E-state index in [0.29, 0.717) is 25.0 Å². The van der Waals surface area contributed by atoms with Gasteiger partial charge >= 0.3 is 0 Å². The van der Waals surface area contributed by atoms with Gasteiger partial charge in [0.25, 0.3) is 0 Å². The van der Waals surface area contributed by atoms with Crippen molar-refractivity contribution in [1.82, 2.24) is 20.1 Å². The third kappa shape index (κ3) is 4.46. The highest BCUT2D eigenvalue weighted by Crippen LogP contribution is 2.18. The van der Waals surface area contributed by atoms with Crippen molar-refractivity contribution in [2.75, 3.05) is 38.7 Å². The first-order valence-corrected chi connectivity index (χ1v) is 8.30. The summed E-state index contributed by atoms with van der Waals surface area (Å²) in [6.45, 7) is 6.78. The molecule has 7 heteroatoms. The zero-order valence-corrected chi connectivity index (χ0v) is 14.3. The van der Waals surface area contributed by atoms with Crippen molar-refractivity contribution in [3.05, 3.63) is 35.7 Å². The van der Waals surface area contributed by atoms with Gasteiger partial charge in [0.15, 0.2) is 0 Å². The number of anilines is 1. The van der Waals surface area contributed by atoms with E-state index in [2.05, 4.69) is 31.5 Å². The Bertz CT molecular complexity index is 641. The molecule has 1 aliphatic heterocycles. The van der Waals surface area contributed by atoms with Crippen LogP contribution in [0.25, 0.3) is 0 Å². The molecule has 0 fully saturated rings. The summed E-state index contributed by atoms with van der Waals surface area (Å²) in [5, 5.41) is 11.4. The maximum atomic E-state index is 5.46. The van der Waals surface area contributed by atoms with Crippen LogP contribution >= 0.6 is 0 Å². The van der Waals surface area contributed by atoms with Crippen LogP contribution in [-0.4, -0.2) is 48.2 Å². The fourth-order valence-electron chi connectivity index (χ4n) is 2.77. The molecule has 0 saturated carbocycles. The molecule has 0 amide bonds. The predicted molar refractivity (Wildman–Crippen MR) is 92.3 cm³/mol. The minimum Gasteiger partial charge on any atom is -0.475 e. The topological polar surface area (TPSA) is 73.2 Å². The summed E-state index contributed by atoms with van der Waals surface area (Å²) < 4.78 is 12.5. The van der Waals surface area contributed by atoms with Crippen molar-refractivity contribution >= 4 is 5.82 Å². The van der Waals surface area contributed by atoms with Gasteiger partial charge in [-0.1, -0.05) is 6.07 Å². The van der Waals surface area contributed by atoms with Crippen molar-refractivity contribution in [2.24, 2.45) is 5.92 Å². The third-order valence-electron chi connectivity index (χ3n) is 4.00. The maximum absolute atomic E-state index is 5.46. The van der Waals surface area contributed by atoms with E-state index in [1.54, 1.807) is 7.11 Å². The Morgan fingerprint density at radius 1 is 1.38 bits per heavy atom. The number of pyridine rings is 1. The van der Waals surface area contributed by atoms with Gasteiger partial charge in [0.05, 0.1) is 12.3 Å². The molecule has 1 atom stereocenters. The first-order chi connectivity index (χ1) is 11.7. The summed E-state index contributed by atoms with van der Waals surface area (Å²) >= 11 is 0. The van der Waals surface area contributed by atoms with Crippen molar-refractivity contribution in [3.63, 3.8) is 0 Å². The highest BCUT2D eigenvalue weighted by atomic mass is 16.5. The van der Waals surface area contributed by atoms with Gasteiger partial charge in [-0.05, 0) is 12.5 Å². The number of hydrogen-bond donors (Lipinski definition) is 2. The lowest BCUT2D eigenvalue weighted by atomic mass is 10.1. The lowest BCUT2D eigenvalue weighted by molar-refractivity contribution is 0.143. The molecule has 3 rings (SSSR count). The minimum absolute atomic E-state index is 0.519. The Hall–Kier alpha value is -2.12. The van der Waals surface area contributed by atoms with Crippen LogP contribution in [-0.2, 0) is 17.8 Å². The van der Waals surface area contributed by atoms with Crippen LogP contribution < -0.4 is 15.4 Å². The van der Waals surface area contributed by atoms with Crippen molar-refractivity contribution in [1.29, 1.82) is 0 Å². The van der Waals surface area contributed by atoms with Gasteiger partial charge < -0.3 is 20.1 Å². The first kappa shape index (κ1) is 16.7. The molecule has 0 radical (unpaired) electrons. The molecule has 130 valence electrons. The van der Waals surface area contributed by atoms with Crippen LogP contribution in [0.15, 0.2) is 24.4 Å². The molecule has 0 aromatic carbocycles. The molecule has 7 nitrogen and oxygen atoms in total. The number of aromatic nitrogens is 3. The summed E-state index contributed by atoms with van der Waals surface area (Å²) in [6.07, 6.45) is 1.85. The van der Waals surface area contributed by atoms with Gasteiger partial charge in [-0.3, -0.25) is 0 Å². The number of methoxy groups -OCH3 is 1. The predicted octanol–water partition coefficient (Wildman–Crippen LogP) is 1.44. The third-order valence-corrected chi connectivity index (χ3v) is 4.00. The second-order valence-corrected chi connectivity index (χ2v) is 6.08. The van der Waals surface area contributed by atoms with Gasteiger partial charge in [-0.2, -0.15) is 5.10 Å². The molecule has 0 spiro atoms. The molecule has 2 aromatic heterocycles. The molecule has 3 heterocycles. The van der Waals surface area contributed by atoms with Crippen LogP contribution in [0.2, 0.25) is 0 Å². The molecule has 0 aliphatic carbocycles. The van der Waals surface area contributed by atoms with E-state index < -0.39 is 0 Å². The molecule has 24 heavy (non-hydrogen) atoms. The Morgan fingerprint density at radius 3 is 3.08 bits per heavy atom. The standard InChI is InChI=1S/C17H25N5O2/c1-13-7-16-19-11-15(12-22(16)21-13)9-18-8-14-3-4-17(20-10-14)24-6-5-23-2/h3-4,7,10,15,18-19H,5-6,8-9,11-12H2,1-2H3/t15-/m0/s1. The fourth-order valence-corrected chi connectivity index (χ4v) is 2.77. The van der Waals surface area contributed by atoms with E-state index in [1.807, 2.05) is 25.3 Å². The van der Waals surface area contributed by atoms with Crippen molar-refractivity contribution < 1.29 is 9.47 Å². The molecule has 0 bridgehead atoms. The van der Waals surface area contributed by atoms with Crippen LogP contribution in [0.3, 0.4) is 0 Å². The number of ether oxygens (including phenoxy) is 2. The Labute approximate surface area is 142 Å². The van der Waals surface area contributed by atoms with E-state index in [0.717, 1.165) is 43.3 Å². The van der Waals surface area contributed by atoms with Crippen LogP contribution in [0.1, 0.15) is 11.3 Å². The Kier molecular flexibility index (Phi) is 5.66. The van der Waals surface area contributed by atoms with Gasteiger partial charge in [-0.25, -0.2) is 9.67 Å². The van der Waals surface area contributed by atoms with E-state index >= 15 is 0 Å². The zero-order valence-electron chi connectivity index (χ0n) is 14.3. The largest absolute Gasteiger partial charge is 0.475 e. The summed E-state index contributed by atoms with van der Waals surface area (Å²) in [4.78, 5) is 4.30. The monoisotopic (exact) mass is 331 g/mol. The van der Waals surface area contributed by atoms with E-state index in [4.69, 9.17) is 9.47 Å². The van der Waals surface area contributed by atoms with Crippen LogP contribution in [0, 0.1) is 12.8 Å². The average molecular weight is 331 g/mol. The van der Waals surface area contributed by atoms with E-state index in [-0.39, 0.29) is 0 Å². The SMILES string of the molecule is COCCOc1ccc(CNC[C@H]2CNc3cc(C)nn3C2)cn1. The number of aryl methyl sites for hydroxylation is 1. The van der Waals surface area contributed by atoms with Gasteiger partial charge in [-0.15, -0.1) is 0 Å². The lowest BCUT2D eigenvalue weighted by Gasteiger charge is -2.25. The van der Waals surface area contributed by atoms with Gasteiger partial charge in [0.1, 0.15) is 12.4 Å². The lowest BCUT2D eigenvalue weighted by Crippen LogP contribution is -2.35. The molecule has 1 aliphatic rings. The second-order valence-electron chi connectivity index (χ2n) is 6.08. The summed E-state index contributed by atoms with van der Waals surface area (Å²) in [5.41, 5.74) is 2.21. The van der Waals surface area contributed by atoms with Crippen molar-refractivity contribution in [3.8, 4) is 5.88 Å². The molecular formula is C17H25N5O2. The fraction of sp³-hybridized carbons (Fsp3) is 0.529. The zero-order chi connectivity index (χ0) is 16.8. The van der Waals surface area contributed by atoms with Gasteiger partial charge in [0.2, 0.25) is 5.88 Å². The molecule has 0 unspecified atom stereocenters. The highest BCUT2D eigenvalue weighted by Gasteiger charge is 2.18. The van der Waals surface area contributed by atoms with Crippen LogP contribution in [0.5, 0.6) is 5.88 Å². The number of nitrogens with zero attached hydrogens (tertiary/aromatic N) is 3.